The highest BCUT2D eigenvalue weighted by atomic mass is 35.5. The van der Waals surface area contributed by atoms with Gasteiger partial charge in [0.15, 0.2) is 5.16 Å². The van der Waals surface area contributed by atoms with Crippen molar-refractivity contribution in [3.8, 4) is 0 Å². The molecule has 0 aliphatic carbocycles. The number of fused-ring (bicyclic) bond motifs is 2. The van der Waals surface area contributed by atoms with E-state index in [-0.39, 0.29) is 23.9 Å². The lowest BCUT2D eigenvalue weighted by molar-refractivity contribution is -0.115. The van der Waals surface area contributed by atoms with Gasteiger partial charge in [-0.25, -0.2) is 4.98 Å². The van der Waals surface area contributed by atoms with Crippen LogP contribution in [0.5, 0.6) is 0 Å². The zero-order chi connectivity index (χ0) is 11.1. The molecule has 3 rings (SSSR count). The Labute approximate surface area is 107 Å². The molecule has 1 N–H and O–H groups in total. The Kier molecular flexibility index (Phi) is 3.08. The first-order valence-electron chi connectivity index (χ1n) is 4.70. The van der Waals surface area contributed by atoms with Gasteiger partial charge in [0, 0.05) is 0 Å². The van der Waals surface area contributed by atoms with E-state index in [9.17, 15) is 9.59 Å². The number of aromatic nitrogens is 2. The van der Waals surface area contributed by atoms with Gasteiger partial charge in [-0.05, 0) is 12.1 Å². The quantitative estimate of drug-likeness (QED) is 0.725. The molecule has 0 saturated heterocycles. The van der Waals surface area contributed by atoms with Gasteiger partial charge in [0.25, 0.3) is 5.56 Å². The van der Waals surface area contributed by atoms with Crippen LogP contribution < -0.4 is 11.0 Å². The number of carbonyl (C=O) groups excluding carboxylic acids is 1. The van der Waals surface area contributed by atoms with Crippen molar-refractivity contribution in [2.24, 2.45) is 0 Å². The van der Waals surface area contributed by atoms with Gasteiger partial charge in [-0.15, -0.1) is 12.4 Å². The third kappa shape index (κ3) is 1.89. The monoisotopic (exact) mass is 269 g/mol. The standard InChI is InChI=1S/C10H7N3O2S.ClH/c14-8-5-16-10-11-7-4-2-1-3-6(7)9(15)13(10)12-8;/h1-4H,5H2,(H,12,14);1H. The molecule has 1 aromatic carbocycles. The van der Waals surface area contributed by atoms with Gasteiger partial charge < -0.3 is 0 Å². The number of rotatable bonds is 0. The summed E-state index contributed by atoms with van der Waals surface area (Å²) in [6.07, 6.45) is 0. The summed E-state index contributed by atoms with van der Waals surface area (Å²) in [6, 6.07) is 7.09. The molecule has 2 aromatic rings. The molecule has 0 saturated carbocycles. The first-order valence-corrected chi connectivity index (χ1v) is 5.69. The summed E-state index contributed by atoms with van der Waals surface area (Å²) < 4.78 is 1.21. The van der Waals surface area contributed by atoms with Crippen molar-refractivity contribution in [2.75, 3.05) is 11.2 Å². The summed E-state index contributed by atoms with van der Waals surface area (Å²) in [7, 11) is 0. The van der Waals surface area contributed by atoms with Crippen LogP contribution >= 0.6 is 24.2 Å². The maximum absolute atomic E-state index is 12.0. The second-order valence-electron chi connectivity index (χ2n) is 3.38. The van der Waals surface area contributed by atoms with Crippen molar-refractivity contribution < 1.29 is 4.79 Å². The third-order valence-corrected chi connectivity index (χ3v) is 3.25. The van der Waals surface area contributed by atoms with Crippen LogP contribution in [-0.2, 0) is 4.79 Å². The zero-order valence-electron chi connectivity index (χ0n) is 8.54. The van der Waals surface area contributed by atoms with Gasteiger partial charge in [-0.3, -0.25) is 15.0 Å². The molecule has 88 valence electrons. The van der Waals surface area contributed by atoms with E-state index in [0.717, 1.165) is 0 Å². The third-order valence-electron chi connectivity index (χ3n) is 2.31. The predicted octanol–water partition coefficient (Wildman–Crippen LogP) is 0.994. The van der Waals surface area contributed by atoms with Crippen LogP contribution in [0.25, 0.3) is 10.9 Å². The zero-order valence-corrected chi connectivity index (χ0v) is 10.2. The Bertz CT molecular complexity index is 656. The lowest BCUT2D eigenvalue weighted by Crippen LogP contribution is -2.39. The van der Waals surface area contributed by atoms with Crippen molar-refractivity contribution in [2.45, 2.75) is 5.16 Å². The Balaban J connectivity index is 0.00000108. The number of carbonyl (C=O) groups is 1. The van der Waals surface area contributed by atoms with Gasteiger partial charge in [-0.1, -0.05) is 23.9 Å². The minimum Gasteiger partial charge on any atom is -0.272 e. The van der Waals surface area contributed by atoms with Gasteiger partial charge in [-0.2, -0.15) is 4.68 Å². The van der Waals surface area contributed by atoms with Crippen molar-refractivity contribution in [3.05, 3.63) is 34.6 Å². The van der Waals surface area contributed by atoms with Crippen LogP contribution in [0, 0.1) is 0 Å². The van der Waals surface area contributed by atoms with Crippen LogP contribution in [0.3, 0.4) is 0 Å². The van der Waals surface area contributed by atoms with Gasteiger partial charge in [0.2, 0.25) is 5.91 Å². The Hall–Kier alpha value is -1.53. The van der Waals surface area contributed by atoms with Crippen molar-refractivity contribution in [1.29, 1.82) is 0 Å². The minimum atomic E-state index is -0.235. The smallest absolute Gasteiger partial charge is 0.272 e. The molecule has 0 bridgehead atoms. The van der Waals surface area contributed by atoms with Crippen LogP contribution in [0.4, 0.5) is 0 Å². The molecule has 1 aliphatic heterocycles. The first kappa shape index (κ1) is 11.9. The van der Waals surface area contributed by atoms with E-state index < -0.39 is 0 Å². The van der Waals surface area contributed by atoms with Crippen LogP contribution in [0.2, 0.25) is 0 Å². The predicted molar refractivity (Wildman–Crippen MR) is 68.3 cm³/mol. The minimum absolute atomic E-state index is 0. The van der Waals surface area contributed by atoms with E-state index in [1.54, 1.807) is 18.2 Å². The molecule has 7 heteroatoms. The van der Waals surface area contributed by atoms with E-state index in [1.165, 1.54) is 16.4 Å². The molecular weight excluding hydrogens is 262 g/mol. The topological polar surface area (TPSA) is 64.0 Å². The van der Waals surface area contributed by atoms with E-state index >= 15 is 0 Å². The molecule has 0 spiro atoms. The number of hydrogen-bond donors (Lipinski definition) is 1. The maximum Gasteiger partial charge on any atom is 0.281 e. The number of para-hydroxylation sites is 1. The second kappa shape index (κ2) is 4.38. The van der Waals surface area contributed by atoms with Crippen LogP contribution in [-0.4, -0.2) is 21.3 Å². The Morgan fingerprint density at radius 3 is 2.88 bits per heavy atom. The fourth-order valence-corrected chi connectivity index (χ4v) is 2.34. The molecule has 2 heterocycles. The summed E-state index contributed by atoms with van der Waals surface area (Å²) in [6.45, 7) is 0. The fourth-order valence-electron chi connectivity index (χ4n) is 1.59. The van der Waals surface area contributed by atoms with Crippen LogP contribution in [0.15, 0.2) is 34.2 Å². The highest BCUT2D eigenvalue weighted by Gasteiger charge is 2.18. The molecule has 1 amide bonds. The Morgan fingerprint density at radius 2 is 2.06 bits per heavy atom. The SMILES string of the molecule is Cl.O=C1CSc2nc3ccccc3c(=O)n2N1. The molecule has 1 aliphatic rings. The molecule has 0 unspecified atom stereocenters. The van der Waals surface area contributed by atoms with Gasteiger partial charge in [0.1, 0.15) is 0 Å². The van der Waals surface area contributed by atoms with Crippen molar-refractivity contribution in [1.82, 2.24) is 9.66 Å². The highest BCUT2D eigenvalue weighted by molar-refractivity contribution is 7.99. The average Bonchev–Trinajstić information content (AvgIpc) is 2.31. The number of benzene rings is 1. The average molecular weight is 270 g/mol. The number of nitrogens with one attached hydrogen (secondary N) is 1. The van der Waals surface area contributed by atoms with Gasteiger partial charge >= 0.3 is 0 Å². The lowest BCUT2D eigenvalue weighted by atomic mass is 10.2. The molecule has 0 fully saturated rings. The van der Waals surface area contributed by atoms with Gasteiger partial charge in [0.05, 0.1) is 16.7 Å². The lowest BCUT2D eigenvalue weighted by Gasteiger charge is -2.17. The summed E-state index contributed by atoms with van der Waals surface area (Å²) in [5.74, 6) is 0.113. The summed E-state index contributed by atoms with van der Waals surface area (Å²) in [4.78, 5) is 27.5. The molecule has 0 atom stereocenters. The molecular formula is C10H8ClN3O2S. The Morgan fingerprint density at radius 1 is 1.29 bits per heavy atom. The van der Waals surface area contributed by atoms with Crippen LogP contribution in [0.1, 0.15) is 0 Å². The highest BCUT2D eigenvalue weighted by Crippen LogP contribution is 2.19. The largest absolute Gasteiger partial charge is 0.281 e. The fraction of sp³-hybridized carbons (Fsp3) is 0.100. The normalized spacial score (nSPS) is 13.8. The first-order chi connectivity index (χ1) is 7.75. The van der Waals surface area contributed by atoms with E-state index in [2.05, 4.69) is 10.4 Å². The van der Waals surface area contributed by atoms with Crippen molar-refractivity contribution in [3.63, 3.8) is 0 Å². The summed E-state index contributed by atoms with van der Waals surface area (Å²) in [5.41, 5.74) is 2.92. The molecule has 5 nitrogen and oxygen atoms in total. The number of nitrogens with zero attached hydrogens (tertiary/aromatic N) is 2. The second-order valence-corrected chi connectivity index (χ2v) is 4.32. The molecule has 1 aromatic heterocycles. The number of amides is 1. The number of hydrogen-bond acceptors (Lipinski definition) is 4. The molecule has 17 heavy (non-hydrogen) atoms. The van der Waals surface area contributed by atoms with E-state index in [4.69, 9.17) is 0 Å². The maximum atomic E-state index is 12.0. The summed E-state index contributed by atoms with van der Waals surface area (Å²) >= 11 is 1.27. The number of thioether (sulfide) groups is 1. The molecule has 0 radical (unpaired) electrons. The number of halogens is 1. The van der Waals surface area contributed by atoms with E-state index in [1.807, 2.05) is 6.07 Å². The summed E-state index contributed by atoms with van der Waals surface area (Å²) in [5, 5.41) is 1.04. The van der Waals surface area contributed by atoms with Crippen molar-refractivity contribution >= 4 is 41.0 Å². The van der Waals surface area contributed by atoms with E-state index in [0.29, 0.717) is 21.8 Å².